The van der Waals surface area contributed by atoms with Crippen molar-refractivity contribution >= 4 is 0 Å². The van der Waals surface area contributed by atoms with E-state index in [1.165, 1.54) is 0 Å². The van der Waals surface area contributed by atoms with Gasteiger partial charge in [0.05, 0.1) is 12.7 Å². The van der Waals surface area contributed by atoms with Gasteiger partial charge in [-0.1, -0.05) is 5.16 Å². The first-order chi connectivity index (χ1) is 7.90. The van der Waals surface area contributed by atoms with Crippen LogP contribution < -0.4 is 0 Å². The molecular formula is C11H15N3O2. The monoisotopic (exact) mass is 221 g/mol. The van der Waals surface area contributed by atoms with Crippen molar-refractivity contribution in [1.82, 2.24) is 10.1 Å². The van der Waals surface area contributed by atoms with Crippen molar-refractivity contribution in [3.05, 3.63) is 11.7 Å². The molecule has 0 radical (unpaired) electrons. The van der Waals surface area contributed by atoms with Crippen LogP contribution in [0.3, 0.4) is 0 Å². The molecule has 0 spiro atoms. The Morgan fingerprint density at radius 2 is 2.44 bits per heavy atom. The van der Waals surface area contributed by atoms with E-state index in [1.54, 1.807) is 0 Å². The van der Waals surface area contributed by atoms with Gasteiger partial charge in [-0.2, -0.15) is 10.2 Å². The summed E-state index contributed by atoms with van der Waals surface area (Å²) in [5.41, 5.74) is 0. The molecule has 0 N–H and O–H groups in total. The molecule has 1 atom stereocenters. The van der Waals surface area contributed by atoms with Crippen LogP contribution in [0, 0.1) is 11.3 Å². The van der Waals surface area contributed by atoms with E-state index in [0.717, 1.165) is 31.7 Å². The highest BCUT2D eigenvalue weighted by Crippen LogP contribution is 2.22. The zero-order valence-corrected chi connectivity index (χ0v) is 9.19. The maximum absolute atomic E-state index is 8.42. The Morgan fingerprint density at radius 3 is 3.19 bits per heavy atom. The molecule has 2 rings (SSSR count). The third kappa shape index (κ3) is 2.80. The Hall–Kier alpha value is -1.41. The lowest BCUT2D eigenvalue weighted by Crippen LogP contribution is -2.16. The fourth-order valence-electron chi connectivity index (χ4n) is 1.80. The lowest BCUT2D eigenvalue weighted by molar-refractivity contribution is 0.0773. The first-order valence-corrected chi connectivity index (χ1v) is 5.67. The molecule has 0 bridgehead atoms. The predicted octanol–water partition coefficient (Wildman–Crippen LogP) is 1.81. The molecule has 86 valence electrons. The molecule has 0 aliphatic carbocycles. The van der Waals surface area contributed by atoms with Gasteiger partial charge in [0, 0.05) is 25.4 Å². The van der Waals surface area contributed by atoms with Gasteiger partial charge in [0.1, 0.15) is 0 Å². The predicted molar refractivity (Wildman–Crippen MR) is 55.6 cm³/mol. The van der Waals surface area contributed by atoms with Crippen LogP contribution >= 0.6 is 0 Å². The van der Waals surface area contributed by atoms with Crippen LogP contribution in [0.15, 0.2) is 4.52 Å². The van der Waals surface area contributed by atoms with E-state index < -0.39 is 0 Å². The molecule has 2 heterocycles. The average Bonchev–Trinajstić information content (AvgIpc) is 2.79. The van der Waals surface area contributed by atoms with E-state index in [0.29, 0.717) is 25.3 Å². The van der Waals surface area contributed by atoms with Crippen LogP contribution in [0.25, 0.3) is 0 Å². The second-order valence-electron chi connectivity index (χ2n) is 3.97. The van der Waals surface area contributed by atoms with Gasteiger partial charge in [-0.05, 0) is 19.3 Å². The summed E-state index contributed by atoms with van der Waals surface area (Å²) in [6, 6.07) is 2.10. The number of ether oxygens (including phenoxy) is 1. The van der Waals surface area contributed by atoms with E-state index in [4.69, 9.17) is 14.5 Å². The van der Waals surface area contributed by atoms with Gasteiger partial charge in [0.15, 0.2) is 5.82 Å². The van der Waals surface area contributed by atoms with Crippen LogP contribution in [0.1, 0.15) is 43.3 Å². The lowest BCUT2D eigenvalue weighted by Gasteiger charge is -2.18. The minimum absolute atomic E-state index is 0.280. The second-order valence-corrected chi connectivity index (χ2v) is 3.97. The molecule has 0 amide bonds. The summed E-state index contributed by atoms with van der Waals surface area (Å²) in [7, 11) is 0. The van der Waals surface area contributed by atoms with Gasteiger partial charge in [0.2, 0.25) is 5.89 Å². The Bertz CT molecular complexity index is 364. The van der Waals surface area contributed by atoms with E-state index in [9.17, 15) is 0 Å². The largest absolute Gasteiger partial charge is 0.381 e. The SMILES string of the molecule is N#CCCCc1nc(C2CCCOC2)no1. The lowest BCUT2D eigenvalue weighted by atomic mass is 10.0. The maximum Gasteiger partial charge on any atom is 0.226 e. The quantitative estimate of drug-likeness (QED) is 0.725. The second kappa shape index (κ2) is 5.61. The summed E-state index contributed by atoms with van der Waals surface area (Å²) >= 11 is 0. The third-order valence-electron chi connectivity index (χ3n) is 2.69. The van der Waals surface area contributed by atoms with Gasteiger partial charge >= 0.3 is 0 Å². The van der Waals surface area contributed by atoms with Crippen LogP contribution in [-0.2, 0) is 11.2 Å². The molecule has 1 aromatic rings. The smallest absolute Gasteiger partial charge is 0.226 e. The van der Waals surface area contributed by atoms with Crippen LogP contribution in [0.2, 0.25) is 0 Å². The Labute approximate surface area is 94.4 Å². The number of aryl methyl sites for hydroxylation is 1. The highest BCUT2D eigenvalue weighted by molar-refractivity contribution is 4.96. The van der Waals surface area contributed by atoms with E-state index in [1.807, 2.05) is 0 Å². The van der Waals surface area contributed by atoms with Crippen molar-refractivity contribution in [3.8, 4) is 6.07 Å². The fourth-order valence-corrected chi connectivity index (χ4v) is 1.80. The third-order valence-corrected chi connectivity index (χ3v) is 2.69. The summed E-state index contributed by atoms with van der Waals surface area (Å²) in [6.45, 7) is 1.53. The van der Waals surface area contributed by atoms with Crippen molar-refractivity contribution in [3.63, 3.8) is 0 Å². The number of nitriles is 1. The van der Waals surface area contributed by atoms with Gasteiger partial charge in [-0.15, -0.1) is 0 Å². The Kier molecular flexibility index (Phi) is 3.89. The van der Waals surface area contributed by atoms with Crippen LogP contribution in [0.5, 0.6) is 0 Å². The Morgan fingerprint density at radius 1 is 1.50 bits per heavy atom. The maximum atomic E-state index is 8.42. The molecule has 0 saturated carbocycles. The van der Waals surface area contributed by atoms with E-state index >= 15 is 0 Å². The zero-order valence-electron chi connectivity index (χ0n) is 9.19. The highest BCUT2D eigenvalue weighted by atomic mass is 16.5. The number of hydrogen-bond donors (Lipinski definition) is 0. The Balaban J connectivity index is 1.88. The van der Waals surface area contributed by atoms with E-state index in [-0.39, 0.29) is 5.92 Å². The van der Waals surface area contributed by atoms with Crippen molar-refractivity contribution in [2.45, 2.75) is 38.0 Å². The van der Waals surface area contributed by atoms with Gasteiger partial charge in [0.25, 0.3) is 0 Å². The molecule has 1 aliphatic heterocycles. The molecule has 1 saturated heterocycles. The topological polar surface area (TPSA) is 71.9 Å². The van der Waals surface area contributed by atoms with Crippen molar-refractivity contribution in [2.24, 2.45) is 0 Å². The van der Waals surface area contributed by atoms with Crippen LogP contribution in [0.4, 0.5) is 0 Å². The number of aromatic nitrogens is 2. The first-order valence-electron chi connectivity index (χ1n) is 5.67. The van der Waals surface area contributed by atoms with Crippen molar-refractivity contribution in [2.75, 3.05) is 13.2 Å². The molecule has 5 nitrogen and oxygen atoms in total. The molecule has 1 unspecified atom stereocenters. The van der Waals surface area contributed by atoms with Gasteiger partial charge in [-0.3, -0.25) is 0 Å². The molecule has 5 heteroatoms. The molecule has 16 heavy (non-hydrogen) atoms. The fraction of sp³-hybridized carbons (Fsp3) is 0.727. The van der Waals surface area contributed by atoms with Crippen molar-refractivity contribution < 1.29 is 9.26 Å². The molecule has 0 aromatic carbocycles. The number of rotatable bonds is 4. The van der Waals surface area contributed by atoms with E-state index in [2.05, 4.69) is 16.2 Å². The first kappa shape index (κ1) is 11.1. The summed E-state index contributed by atoms with van der Waals surface area (Å²) in [6.07, 6.45) is 4.12. The molecular weight excluding hydrogens is 206 g/mol. The summed E-state index contributed by atoms with van der Waals surface area (Å²) in [5, 5.41) is 12.4. The number of nitrogens with zero attached hydrogens (tertiary/aromatic N) is 3. The zero-order chi connectivity index (χ0) is 11.2. The minimum Gasteiger partial charge on any atom is -0.381 e. The average molecular weight is 221 g/mol. The summed E-state index contributed by atoms with van der Waals surface area (Å²) in [4.78, 5) is 4.34. The van der Waals surface area contributed by atoms with Crippen LogP contribution in [-0.4, -0.2) is 23.4 Å². The molecule has 1 fully saturated rings. The summed E-state index contributed by atoms with van der Waals surface area (Å²) in [5.74, 6) is 1.67. The standard InChI is InChI=1S/C11H15N3O2/c12-6-2-1-5-10-13-11(14-16-10)9-4-3-7-15-8-9/h9H,1-5,7-8H2. The van der Waals surface area contributed by atoms with Crippen molar-refractivity contribution in [1.29, 1.82) is 5.26 Å². The highest BCUT2D eigenvalue weighted by Gasteiger charge is 2.21. The van der Waals surface area contributed by atoms with Gasteiger partial charge in [-0.25, -0.2) is 0 Å². The minimum atomic E-state index is 0.280. The molecule has 1 aliphatic rings. The summed E-state index contributed by atoms with van der Waals surface area (Å²) < 4.78 is 10.5. The molecule has 1 aromatic heterocycles. The van der Waals surface area contributed by atoms with Gasteiger partial charge < -0.3 is 9.26 Å². The number of unbranched alkanes of at least 4 members (excludes halogenated alkanes) is 1. The number of hydrogen-bond acceptors (Lipinski definition) is 5. The normalized spacial score (nSPS) is 20.6.